The second-order valence-corrected chi connectivity index (χ2v) is 6.18. The van der Waals surface area contributed by atoms with Crippen molar-refractivity contribution in [3.05, 3.63) is 29.8 Å². The molecule has 1 aromatic carbocycles. The molecule has 2 heterocycles. The zero-order valence-electron chi connectivity index (χ0n) is 13.3. The summed E-state index contributed by atoms with van der Waals surface area (Å²) in [4.78, 5) is 16.0. The molecule has 0 N–H and O–H groups in total. The minimum atomic E-state index is 0.151. The van der Waals surface area contributed by atoms with Crippen LogP contribution in [0.2, 0.25) is 0 Å². The summed E-state index contributed by atoms with van der Waals surface area (Å²) < 4.78 is 11.1. The van der Waals surface area contributed by atoms with Gasteiger partial charge in [-0.25, -0.2) is 0 Å². The van der Waals surface area contributed by atoms with Gasteiger partial charge in [0, 0.05) is 45.6 Å². The first kappa shape index (κ1) is 15.3. The number of methoxy groups -OCH3 is 1. The van der Waals surface area contributed by atoms with Crippen LogP contribution in [0.1, 0.15) is 12.5 Å². The van der Waals surface area contributed by atoms with E-state index in [4.69, 9.17) is 9.47 Å². The standard InChI is InChI=1S/C17H24N2O3/c1-13(20)19-7-8-22-17-12-18(10-15(17)11-19)9-14-3-5-16(21-2)6-4-14/h3-6,15,17H,7-12H2,1-2H3/t15-,17-/m1/s1. The monoisotopic (exact) mass is 304 g/mol. The number of fused-ring (bicyclic) bond motifs is 1. The Morgan fingerprint density at radius 3 is 2.73 bits per heavy atom. The van der Waals surface area contributed by atoms with Crippen LogP contribution < -0.4 is 4.74 Å². The van der Waals surface area contributed by atoms with Crippen LogP contribution in [0.15, 0.2) is 24.3 Å². The molecule has 0 radical (unpaired) electrons. The van der Waals surface area contributed by atoms with Crippen molar-refractivity contribution in [2.45, 2.75) is 19.6 Å². The number of hydrogen-bond acceptors (Lipinski definition) is 4. The Hall–Kier alpha value is -1.59. The second-order valence-electron chi connectivity index (χ2n) is 6.18. The lowest BCUT2D eigenvalue weighted by molar-refractivity contribution is -0.129. The molecule has 5 heteroatoms. The van der Waals surface area contributed by atoms with E-state index in [0.717, 1.165) is 38.5 Å². The van der Waals surface area contributed by atoms with Crippen molar-refractivity contribution in [3.63, 3.8) is 0 Å². The van der Waals surface area contributed by atoms with Crippen LogP contribution in [0.5, 0.6) is 5.75 Å². The summed E-state index contributed by atoms with van der Waals surface area (Å²) in [5, 5.41) is 0. The van der Waals surface area contributed by atoms with E-state index in [9.17, 15) is 4.79 Å². The molecule has 3 rings (SSSR count). The van der Waals surface area contributed by atoms with Crippen LogP contribution in [0.3, 0.4) is 0 Å². The van der Waals surface area contributed by atoms with Crippen LogP contribution >= 0.6 is 0 Å². The summed E-state index contributed by atoms with van der Waals surface area (Å²) >= 11 is 0. The number of amides is 1. The van der Waals surface area contributed by atoms with Crippen LogP contribution in [-0.2, 0) is 16.1 Å². The number of nitrogens with zero attached hydrogens (tertiary/aromatic N) is 2. The highest BCUT2D eigenvalue weighted by Crippen LogP contribution is 2.25. The van der Waals surface area contributed by atoms with Crippen molar-refractivity contribution in [2.75, 3.05) is 39.9 Å². The molecule has 2 saturated heterocycles. The summed E-state index contributed by atoms with van der Waals surface area (Å²) in [6, 6.07) is 8.21. The van der Waals surface area contributed by atoms with Crippen molar-refractivity contribution in [2.24, 2.45) is 5.92 Å². The summed E-state index contributed by atoms with van der Waals surface area (Å²) in [7, 11) is 1.68. The molecule has 2 fully saturated rings. The highest BCUT2D eigenvalue weighted by atomic mass is 16.5. The Balaban J connectivity index is 1.60. The van der Waals surface area contributed by atoms with Crippen molar-refractivity contribution in [1.29, 1.82) is 0 Å². The van der Waals surface area contributed by atoms with Crippen LogP contribution in [-0.4, -0.2) is 61.7 Å². The molecule has 0 unspecified atom stereocenters. The Morgan fingerprint density at radius 1 is 1.27 bits per heavy atom. The van der Waals surface area contributed by atoms with Gasteiger partial charge in [-0.2, -0.15) is 0 Å². The van der Waals surface area contributed by atoms with Gasteiger partial charge in [-0.15, -0.1) is 0 Å². The Labute approximate surface area is 131 Å². The molecule has 0 aliphatic carbocycles. The highest BCUT2D eigenvalue weighted by molar-refractivity contribution is 5.73. The number of hydrogen-bond donors (Lipinski definition) is 0. The number of carbonyl (C=O) groups excluding carboxylic acids is 1. The largest absolute Gasteiger partial charge is 0.497 e. The molecule has 1 amide bonds. The van der Waals surface area contributed by atoms with Crippen molar-refractivity contribution in [1.82, 2.24) is 9.80 Å². The molecule has 0 saturated carbocycles. The van der Waals surface area contributed by atoms with Crippen LogP contribution in [0.4, 0.5) is 0 Å². The van der Waals surface area contributed by atoms with Crippen LogP contribution in [0, 0.1) is 5.92 Å². The Bertz CT molecular complexity index is 517. The third kappa shape index (κ3) is 3.42. The number of carbonyl (C=O) groups is 1. The lowest BCUT2D eigenvalue weighted by atomic mass is 10.1. The first-order valence-corrected chi connectivity index (χ1v) is 7.88. The summed E-state index contributed by atoms with van der Waals surface area (Å²) in [6.45, 7) is 6.69. The maximum absolute atomic E-state index is 11.6. The van der Waals surface area contributed by atoms with E-state index in [2.05, 4.69) is 17.0 Å². The van der Waals surface area contributed by atoms with Crippen LogP contribution in [0.25, 0.3) is 0 Å². The quantitative estimate of drug-likeness (QED) is 0.846. The molecule has 5 nitrogen and oxygen atoms in total. The first-order chi connectivity index (χ1) is 10.7. The molecule has 2 aliphatic rings. The van der Waals surface area contributed by atoms with Gasteiger partial charge < -0.3 is 14.4 Å². The maximum atomic E-state index is 11.6. The average molecular weight is 304 g/mol. The van der Waals surface area contributed by atoms with Gasteiger partial charge in [0.25, 0.3) is 0 Å². The molecule has 0 aromatic heterocycles. The molecular formula is C17H24N2O3. The molecule has 2 aliphatic heterocycles. The van der Waals surface area contributed by atoms with E-state index in [1.165, 1.54) is 5.56 Å². The fraction of sp³-hybridized carbons (Fsp3) is 0.588. The van der Waals surface area contributed by atoms with E-state index < -0.39 is 0 Å². The smallest absolute Gasteiger partial charge is 0.219 e. The van der Waals surface area contributed by atoms with Gasteiger partial charge in [0.1, 0.15) is 5.75 Å². The number of benzene rings is 1. The number of likely N-dealkylation sites (tertiary alicyclic amines) is 1. The molecular weight excluding hydrogens is 280 g/mol. The minimum Gasteiger partial charge on any atom is -0.497 e. The lowest BCUT2D eigenvalue weighted by Gasteiger charge is -2.22. The highest BCUT2D eigenvalue weighted by Gasteiger charge is 2.36. The minimum absolute atomic E-state index is 0.151. The topological polar surface area (TPSA) is 42.0 Å². The summed E-state index contributed by atoms with van der Waals surface area (Å²) in [6.07, 6.45) is 0.252. The zero-order valence-corrected chi connectivity index (χ0v) is 13.3. The molecule has 0 spiro atoms. The number of ether oxygens (including phenoxy) is 2. The second kappa shape index (κ2) is 6.67. The third-order valence-corrected chi connectivity index (χ3v) is 4.62. The third-order valence-electron chi connectivity index (χ3n) is 4.62. The van der Waals surface area contributed by atoms with E-state index in [1.807, 2.05) is 17.0 Å². The summed E-state index contributed by atoms with van der Waals surface area (Å²) in [5.74, 6) is 1.46. The van der Waals surface area contributed by atoms with Gasteiger partial charge in [-0.1, -0.05) is 12.1 Å². The average Bonchev–Trinajstić information content (AvgIpc) is 2.77. The van der Waals surface area contributed by atoms with Crippen molar-refractivity contribution >= 4 is 5.91 Å². The number of rotatable bonds is 3. The van der Waals surface area contributed by atoms with E-state index >= 15 is 0 Å². The molecule has 0 bridgehead atoms. The normalized spacial score (nSPS) is 25.6. The van der Waals surface area contributed by atoms with Gasteiger partial charge in [0.15, 0.2) is 0 Å². The van der Waals surface area contributed by atoms with Crippen molar-refractivity contribution < 1.29 is 14.3 Å². The van der Waals surface area contributed by atoms with E-state index in [0.29, 0.717) is 12.5 Å². The van der Waals surface area contributed by atoms with Crippen molar-refractivity contribution in [3.8, 4) is 5.75 Å². The Kier molecular flexibility index (Phi) is 4.64. The zero-order chi connectivity index (χ0) is 15.5. The molecule has 120 valence electrons. The predicted octanol–water partition coefficient (Wildman–Crippen LogP) is 1.37. The molecule has 22 heavy (non-hydrogen) atoms. The van der Waals surface area contributed by atoms with Gasteiger partial charge in [0.2, 0.25) is 5.91 Å². The molecule has 2 atom stereocenters. The lowest BCUT2D eigenvalue weighted by Crippen LogP contribution is -2.35. The van der Waals surface area contributed by atoms with Gasteiger partial charge >= 0.3 is 0 Å². The Morgan fingerprint density at radius 2 is 2.05 bits per heavy atom. The molecule has 1 aromatic rings. The SMILES string of the molecule is COc1ccc(CN2C[C@@H]3CN(C(C)=O)CCO[C@@H]3C2)cc1. The fourth-order valence-electron chi connectivity index (χ4n) is 3.38. The fourth-order valence-corrected chi connectivity index (χ4v) is 3.38. The van der Waals surface area contributed by atoms with Gasteiger partial charge in [0.05, 0.1) is 19.8 Å². The summed E-state index contributed by atoms with van der Waals surface area (Å²) in [5.41, 5.74) is 1.28. The van der Waals surface area contributed by atoms with Gasteiger partial charge in [-0.3, -0.25) is 9.69 Å². The first-order valence-electron chi connectivity index (χ1n) is 7.88. The van der Waals surface area contributed by atoms with Gasteiger partial charge in [-0.05, 0) is 17.7 Å². The van der Waals surface area contributed by atoms with E-state index in [1.54, 1.807) is 14.0 Å². The maximum Gasteiger partial charge on any atom is 0.219 e. The van der Waals surface area contributed by atoms with E-state index in [-0.39, 0.29) is 12.0 Å². The predicted molar refractivity (Wildman–Crippen MR) is 83.8 cm³/mol.